The van der Waals surface area contributed by atoms with Crippen molar-refractivity contribution < 1.29 is 27.5 Å². The summed E-state index contributed by atoms with van der Waals surface area (Å²) in [5.41, 5.74) is -1.03. The second-order valence-electron chi connectivity index (χ2n) is 6.22. The molecule has 28 heavy (non-hydrogen) atoms. The summed E-state index contributed by atoms with van der Waals surface area (Å²) in [6.45, 7) is 3.01. The summed E-state index contributed by atoms with van der Waals surface area (Å²) in [6, 6.07) is 9.04. The Morgan fingerprint density at radius 3 is 2.32 bits per heavy atom. The molecule has 0 aliphatic carbocycles. The Kier molecular flexibility index (Phi) is 6.20. The van der Waals surface area contributed by atoms with E-state index in [1.54, 1.807) is 25.1 Å². The first-order valence-corrected chi connectivity index (χ1v) is 9.72. The minimum absolute atomic E-state index is 0.0812. The molecule has 0 aliphatic rings. The maximum absolute atomic E-state index is 13.4. The molecule has 0 fully saturated rings. The number of likely N-dealkylation sites (N-methyl/N-ethyl adjacent to an activating group) is 1. The molecular weight excluding hydrogens is 384 g/mol. The number of carbonyl (C=O) groups is 2. The van der Waals surface area contributed by atoms with Gasteiger partial charge in [0.25, 0.3) is 0 Å². The van der Waals surface area contributed by atoms with E-state index in [1.807, 2.05) is 0 Å². The monoisotopic (exact) mass is 406 g/mol. The lowest BCUT2D eigenvalue weighted by atomic mass is 9.97. The molecule has 1 heterocycles. The van der Waals surface area contributed by atoms with Crippen molar-refractivity contribution in [2.24, 2.45) is 0 Å². The molecule has 1 unspecified atom stereocenters. The number of methoxy groups -OCH3 is 2. The molecule has 0 saturated carbocycles. The molecule has 0 amide bonds. The molecule has 150 valence electrons. The van der Waals surface area contributed by atoms with E-state index < -0.39 is 27.5 Å². The van der Waals surface area contributed by atoms with Gasteiger partial charge in [-0.15, -0.1) is 0 Å². The van der Waals surface area contributed by atoms with Crippen LogP contribution >= 0.6 is 0 Å². The van der Waals surface area contributed by atoms with E-state index in [1.165, 1.54) is 52.6 Å². The van der Waals surface area contributed by atoms with Crippen molar-refractivity contribution in [3.8, 4) is 0 Å². The molecule has 2 aromatic rings. The van der Waals surface area contributed by atoms with Crippen LogP contribution in [0.2, 0.25) is 0 Å². The van der Waals surface area contributed by atoms with Crippen molar-refractivity contribution >= 4 is 22.0 Å². The van der Waals surface area contributed by atoms with E-state index in [2.05, 4.69) is 9.72 Å². The highest BCUT2D eigenvalue weighted by molar-refractivity contribution is 7.89. The molecule has 2 rings (SSSR count). The number of sulfonamides is 1. The van der Waals surface area contributed by atoms with Gasteiger partial charge in [-0.2, -0.15) is 4.31 Å². The van der Waals surface area contributed by atoms with Gasteiger partial charge in [0.05, 0.1) is 30.4 Å². The molecule has 9 heteroatoms. The molecule has 0 aliphatic heterocycles. The van der Waals surface area contributed by atoms with Crippen LogP contribution in [0.1, 0.15) is 28.5 Å². The highest BCUT2D eigenvalue weighted by Crippen LogP contribution is 2.33. The number of rotatable bonds is 6. The van der Waals surface area contributed by atoms with Crippen LogP contribution in [0.4, 0.5) is 0 Å². The predicted molar refractivity (Wildman–Crippen MR) is 101 cm³/mol. The van der Waals surface area contributed by atoms with E-state index >= 15 is 0 Å². The summed E-state index contributed by atoms with van der Waals surface area (Å²) in [4.78, 5) is 28.5. The Morgan fingerprint density at radius 1 is 1.11 bits per heavy atom. The summed E-state index contributed by atoms with van der Waals surface area (Å²) in [5.74, 6) is -1.46. The second-order valence-corrected chi connectivity index (χ2v) is 8.16. The fourth-order valence-corrected chi connectivity index (χ4v) is 4.45. The predicted octanol–water partition coefficient (Wildman–Crippen LogP) is 1.89. The first kappa shape index (κ1) is 21.5. The Labute approximate surface area is 164 Å². The summed E-state index contributed by atoms with van der Waals surface area (Å²) in [6.07, 6.45) is 1.46. The van der Waals surface area contributed by atoms with Crippen LogP contribution in [-0.4, -0.2) is 50.9 Å². The van der Waals surface area contributed by atoms with Gasteiger partial charge in [-0.3, -0.25) is 4.98 Å². The van der Waals surface area contributed by atoms with Crippen molar-refractivity contribution in [3.05, 3.63) is 59.4 Å². The number of hydrogen-bond acceptors (Lipinski definition) is 7. The number of nitrogens with zero attached hydrogens (tertiary/aromatic N) is 2. The van der Waals surface area contributed by atoms with Crippen LogP contribution in [0.3, 0.4) is 0 Å². The summed E-state index contributed by atoms with van der Waals surface area (Å²) >= 11 is 0. The lowest BCUT2D eigenvalue weighted by Gasteiger charge is -2.35. The number of carbonyl (C=O) groups excluding carboxylic acids is 2. The standard InChI is InChI=1S/C19H22N2O6S/c1-13-9-10-14(17(22)26-4)12-15(13)28(24,25)21(3)19(2,18(23)27-5)16-8-6-7-11-20-16/h6-12H,1-5H3. The Balaban J connectivity index is 2.66. The molecule has 0 saturated heterocycles. The minimum Gasteiger partial charge on any atom is -0.467 e. The molecule has 0 N–H and O–H groups in total. The highest BCUT2D eigenvalue weighted by atomic mass is 32.2. The maximum atomic E-state index is 13.4. The number of ether oxygens (including phenoxy) is 2. The quantitative estimate of drug-likeness (QED) is 0.675. The topological polar surface area (TPSA) is 103 Å². The van der Waals surface area contributed by atoms with Gasteiger partial charge in [0, 0.05) is 13.2 Å². The normalized spacial score (nSPS) is 13.6. The fraction of sp³-hybridized carbons (Fsp3) is 0.316. The summed E-state index contributed by atoms with van der Waals surface area (Å²) in [7, 11) is -0.561. The maximum Gasteiger partial charge on any atom is 0.337 e. The van der Waals surface area contributed by atoms with Gasteiger partial charge < -0.3 is 9.47 Å². The van der Waals surface area contributed by atoms with Crippen molar-refractivity contribution in [3.63, 3.8) is 0 Å². The van der Waals surface area contributed by atoms with Crippen molar-refractivity contribution in [2.75, 3.05) is 21.3 Å². The largest absolute Gasteiger partial charge is 0.467 e. The van der Waals surface area contributed by atoms with E-state index in [4.69, 9.17) is 4.74 Å². The molecule has 1 atom stereocenters. The average molecular weight is 406 g/mol. The van der Waals surface area contributed by atoms with Crippen molar-refractivity contribution in [1.82, 2.24) is 9.29 Å². The lowest BCUT2D eigenvalue weighted by Crippen LogP contribution is -2.51. The number of hydrogen-bond donors (Lipinski definition) is 0. The van der Waals surface area contributed by atoms with Crippen LogP contribution in [0, 0.1) is 6.92 Å². The zero-order valence-corrected chi connectivity index (χ0v) is 17.1. The molecule has 8 nitrogen and oxygen atoms in total. The van der Waals surface area contributed by atoms with Gasteiger partial charge in [-0.1, -0.05) is 12.1 Å². The van der Waals surface area contributed by atoms with E-state index in [9.17, 15) is 18.0 Å². The van der Waals surface area contributed by atoms with Gasteiger partial charge in [-0.05, 0) is 43.7 Å². The Morgan fingerprint density at radius 2 is 1.79 bits per heavy atom. The summed E-state index contributed by atoms with van der Waals surface area (Å²) < 4.78 is 37.2. The average Bonchev–Trinajstić information content (AvgIpc) is 2.72. The first-order valence-electron chi connectivity index (χ1n) is 8.28. The third-order valence-electron chi connectivity index (χ3n) is 4.62. The zero-order valence-electron chi connectivity index (χ0n) is 16.3. The van der Waals surface area contributed by atoms with Crippen LogP contribution in [0.5, 0.6) is 0 Å². The van der Waals surface area contributed by atoms with Gasteiger partial charge in [0.1, 0.15) is 0 Å². The van der Waals surface area contributed by atoms with Gasteiger partial charge >= 0.3 is 11.9 Å². The van der Waals surface area contributed by atoms with Crippen LogP contribution in [-0.2, 0) is 29.8 Å². The second kappa shape index (κ2) is 8.07. The molecule has 0 spiro atoms. The van der Waals surface area contributed by atoms with Gasteiger partial charge in [-0.25, -0.2) is 18.0 Å². The SMILES string of the molecule is COC(=O)c1ccc(C)c(S(=O)(=O)N(C)C(C)(C(=O)OC)c2ccccn2)c1. The third kappa shape index (κ3) is 3.63. The van der Waals surface area contributed by atoms with Gasteiger partial charge in [0.2, 0.25) is 10.0 Å². The van der Waals surface area contributed by atoms with Crippen molar-refractivity contribution in [2.45, 2.75) is 24.3 Å². The van der Waals surface area contributed by atoms with Crippen LogP contribution < -0.4 is 0 Å². The van der Waals surface area contributed by atoms with E-state index in [0.717, 1.165) is 4.31 Å². The van der Waals surface area contributed by atoms with Crippen LogP contribution in [0.25, 0.3) is 0 Å². The fourth-order valence-electron chi connectivity index (χ4n) is 2.75. The third-order valence-corrected chi connectivity index (χ3v) is 6.71. The molecule has 1 aromatic carbocycles. The van der Waals surface area contributed by atoms with Crippen molar-refractivity contribution in [1.29, 1.82) is 0 Å². The highest BCUT2D eigenvalue weighted by Gasteiger charge is 2.48. The number of pyridine rings is 1. The number of aryl methyl sites for hydroxylation is 1. The minimum atomic E-state index is -4.21. The number of benzene rings is 1. The number of aromatic nitrogens is 1. The number of esters is 2. The Bertz CT molecular complexity index is 991. The summed E-state index contributed by atoms with van der Waals surface area (Å²) in [5, 5.41) is 0. The van der Waals surface area contributed by atoms with Crippen LogP contribution in [0.15, 0.2) is 47.5 Å². The smallest absolute Gasteiger partial charge is 0.337 e. The first-order chi connectivity index (χ1) is 13.1. The molecular formula is C19H22N2O6S. The molecule has 1 aromatic heterocycles. The lowest BCUT2D eigenvalue weighted by molar-refractivity contribution is -0.151. The molecule has 0 bridgehead atoms. The zero-order chi connectivity index (χ0) is 21.1. The Hall–Kier alpha value is -2.78. The molecule has 0 radical (unpaired) electrons. The van der Waals surface area contributed by atoms with Gasteiger partial charge in [0.15, 0.2) is 5.54 Å². The van der Waals surface area contributed by atoms with E-state index in [-0.39, 0.29) is 16.2 Å². The van der Waals surface area contributed by atoms with E-state index in [0.29, 0.717) is 5.56 Å².